The minimum Gasteiger partial charge on any atom is -0.466 e. The van der Waals surface area contributed by atoms with Crippen LogP contribution >= 0.6 is 0 Å². The molecule has 0 radical (unpaired) electrons. The van der Waals surface area contributed by atoms with E-state index >= 15 is 0 Å². The van der Waals surface area contributed by atoms with E-state index in [0.29, 0.717) is 6.54 Å². The fourth-order valence-corrected chi connectivity index (χ4v) is 1.75. The molecule has 18 heavy (non-hydrogen) atoms. The van der Waals surface area contributed by atoms with Gasteiger partial charge in [0.15, 0.2) is 5.76 Å². The van der Waals surface area contributed by atoms with Gasteiger partial charge in [-0.2, -0.15) is 0 Å². The predicted molar refractivity (Wildman–Crippen MR) is 70.3 cm³/mol. The number of nitrogens with one attached hydrogen (secondary N) is 1. The summed E-state index contributed by atoms with van der Waals surface area (Å²) in [4.78, 5) is 0. The minimum atomic E-state index is 0.0707. The Morgan fingerprint density at radius 3 is 2.50 bits per heavy atom. The van der Waals surface area contributed by atoms with Gasteiger partial charge in [0.25, 0.3) is 0 Å². The van der Waals surface area contributed by atoms with E-state index in [1.165, 1.54) is 0 Å². The highest BCUT2D eigenvalue weighted by Crippen LogP contribution is 2.27. The van der Waals surface area contributed by atoms with Crippen molar-refractivity contribution in [2.75, 3.05) is 0 Å². The van der Waals surface area contributed by atoms with Crippen molar-refractivity contribution in [2.45, 2.75) is 46.7 Å². The summed E-state index contributed by atoms with van der Waals surface area (Å²) in [6.07, 6.45) is 0. The summed E-state index contributed by atoms with van der Waals surface area (Å²) in [6, 6.07) is 3.92. The number of nitrogens with zero attached hydrogens (tertiary/aromatic N) is 1. The lowest BCUT2D eigenvalue weighted by atomic mass is 10.1. The van der Waals surface area contributed by atoms with E-state index in [1.807, 2.05) is 26.0 Å². The fourth-order valence-electron chi connectivity index (χ4n) is 1.75. The van der Waals surface area contributed by atoms with Crippen molar-refractivity contribution in [3.05, 3.63) is 29.3 Å². The Kier molecular flexibility index (Phi) is 3.30. The van der Waals surface area contributed by atoms with Crippen LogP contribution in [0.5, 0.6) is 0 Å². The molecule has 0 amide bonds. The molecule has 2 rings (SSSR count). The smallest absolute Gasteiger partial charge is 0.170 e. The van der Waals surface area contributed by atoms with Crippen LogP contribution in [0.25, 0.3) is 11.3 Å². The lowest BCUT2D eigenvalue weighted by Gasteiger charge is -2.19. The predicted octanol–water partition coefficient (Wildman–Crippen LogP) is 3.44. The van der Waals surface area contributed by atoms with E-state index < -0.39 is 0 Å². The summed E-state index contributed by atoms with van der Waals surface area (Å²) in [7, 11) is 0. The number of rotatable bonds is 3. The third kappa shape index (κ3) is 3.01. The van der Waals surface area contributed by atoms with Crippen LogP contribution in [0.4, 0.5) is 0 Å². The van der Waals surface area contributed by atoms with Gasteiger partial charge in [0, 0.05) is 18.2 Å². The third-order valence-electron chi connectivity index (χ3n) is 2.67. The van der Waals surface area contributed by atoms with Crippen molar-refractivity contribution in [1.29, 1.82) is 0 Å². The van der Waals surface area contributed by atoms with Gasteiger partial charge in [-0.25, -0.2) is 0 Å². The first-order valence-corrected chi connectivity index (χ1v) is 6.13. The highest BCUT2D eigenvalue weighted by atomic mass is 16.5. The van der Waals surface area contributed by atoms with Gasteiger partial charge in [0.1, 0.15) is 11.5 Å². The fraction of sp³-hybridized carbons (Fsp3) is 0.500. The second kappa shape index (κ2) is 4.61. The molecular weight excluding hydrogens is 228 g/mol. The number of aryl methyl sites for hydroxylation is 2. The monoisotopic (exact) mass is 248 g/mol. The molecule has 0 aliphatic rings. The number of hydrogen-bond acceptors (Lipinski definition) is 4. The Morgan fingerprint density at radius 1 is 1.22 bits per heavy atom. The van der Waals surface area contributed by atoms with E-state index in [0.717, 1.165) is 28.5 Å². The summed E-state index contributed by atoms with van der Waals surface area (Å²) < 4.78 is 10.8. The molecular formula is C14H20N2O2. The molecule has 2 aromatic heterocycles. The topological polar surface area (TPSA) is 51.2 Å². The number of furan rings is 1. The van der Waals surface area contributed by atoms with Gasteiger partial charge < -0.3 is 14.3 Å². The molecule has 0 aliphatic heterocycles. The molecule has 0 bridgehead atoms. The second-order valence-corrected chi connectivity index (χ2v) is 5.61. The summed E-state index contributed by atoms with van der Waals surface area (Å²) in [5, 5.41) is 7.44. The Bertz CT molecular complexity index is 532. The number of aromatic nitrogens is 1. The zero-order valence-corrected chi connectivity index (χ0v) is 11.6. The lowest BCUT2D eigenvalue weighted by molar-refractivity contribution is 0.392. The van der Waals surface area contributed by atoms with Crippen molar-refractivity contribution < 1.29 is 8.94 Å². The van der Waals surface area contributed by atoms with Crippen LogP contribution in [0.2, 0.25) is 0 Å². The second-order valence-electron chi connectivity index (χ2n) is 5.61. The van der Waals surface area contributed by atoms with Crippen LogP contribution in [0.15, 0.2) is 21.1 Å². The maximum Gasteiger partial charge on any atom is 0.170 e. The molecule has 2 heterocycles. The van der Waals surface area contributed by atoms with E-state index in [2.05, 4.69) is 31.2 Å². The molecule has 98 valence electrons. The molecule has 0 aromatic carbocycles. The van der Waals surface area contributed by atoms with Crippen LogP contribution in [-0.4, -0.2) is 10.7 Å². The van der Waals surface area contributed by atoms with E-state index in [4.69, 9.17) is 8.94 Å². The molecule has 4 nitrogen and oxygen atoms in total. The van der Waals surface area contributed by atoms with Crippen LogP contribution in [0.3, 0.4) is 0 Å². The van der Waals surface area contributed by atoms with Crippen molar-refractivity contribution in [3.8, 4) is 11.3 Å². The van der Waals surface area contributed by atoms with Gasteiger partial charge in [-0.3, -0.25) is 0 Å². The van der Waals surface area contributed by atoms with Crippen LogP contribution in [0.1, 0.15) is 38.0 Å². The largest absolute Gasteiger partial charge is 0.466 e. The Balaban J connectivity index is 2.13. The first-order chi connectivity index (χ1) is 8.35. The summed E-state index contributed by atoms with van der Waals surface area (Å²) in [5.41, 5.74) is 1.95. The van der Waals surface area contributed by atoms with Gasteiger partial charge in [0.2, 0.25) is 0 Å². The summed E-state index contributed by atoms with van der Waals surface area (Å²) in [5.74, 6) is 2.50. The van der Waals surface area contributed by atoms with Gasteiger partial charge >= 0.3 is 0 Å². The standard InChI is InChI=1S/C14H20N2O2/c1-9-6-12(10(2)17-9)13-7-11(16-18-13)8-15-14(3,4)5/h6-7,15H,8H2,1-5H3. The molecule has 1 N–H and O–H groups in total. The zero-order chi connectivity index (χ0) is 13.3. The average Bonchev–Trinajstić information content (AvgIpc) is 2.81. The van der Waals surface area contributed by atoms with Gasteiger partial charge in [-0.1, -0.05) is 5.16 Å². The summed E-state index contributed by atoms with van der Waals surface area (Å²) in [6.45, 7) is 10.9. The molecule has 0 saturated carbocycles. The summed E-state index contributed by atoms with van der Waals surface area (Å²) >= 11 is 0. The van der Waals surface area contributed by atoms with Gasteiger partial charge in [-0.05, 0) is 40.7 Å². The molecule has 4 heteroatoms. The quantitative estimate of drug-likeness (QED) is 0.904. The van der Waals surface area contributed by atoms with Crippen LogP contribution in [-0.2, 0) is 6.54 Å². The maximum absolute atomic E-state index is 5.49. The Morgan fingerprint density at radius 2 is 1.94 bits per heavy atom. The highest BCUT2D eigenvalue weighted by molar-refractivity contribution is 5.60. The van der Waals surface area contributed by atoms with Gasteiger partial charge in [0.05, 0.1) is 11.3 Å². The molecule has 0 saturated heterocycles. The normalized spacial score (nSPS) is 12.1. The van der Waals surface area contributed by atoms with Crippen molar-refractivity contribution >= 4 is 0 Å². The zero-order valence-electron chi connectivity index (χ0n) is 11.6. The van der Waals surface area contributed by atoms with Crippen LogP contribution in [0, 0.1) is 13.8 Å². The van der Waals surface area contributed by atoms with Crippen molar-refractivity contribution in [1.82, 2.24) is 10.5 Å². The first-order valence-electron chi connectivity index (χ1n) is 6.13. The Hall–Kier alpha value is -1.55. The van der Waals surface area contributed by atoms with E-state index in [9.17, 15) is 0 Å². The van der Waals surface area contributed by atoms with Crippen molar-refractivity contribution in [2.24, 2.45) is 0 Å². The third-order valence-corrected chi connectivity index (χ3v) is 2.67. The first kappa shape index (κ1) is 12.9. The van der Waals surface area contributed by atoms with Gasteiger partial charge in [-0.15, -0.1) is 0 Å². The lowest BCUT2D eigenvalue weighted by Crippen LogP contribution is -2.35. The van der Waals surface area contributed by atoms with Crippen LogP contribution < -0.4 is 5.32 Å². The molecule has 0 fully saturated rings. The maximum atomic E-state index is 5.49. The number of hydrogen-bond donors (Lipinski definition) is 1. The SMILES string of the molecule is Cc1cc(-c2cc(CNC(C)(C)C)no2)c(C)o1. The minimum absolute atomic E-state index is 0.0707. The molecule has 0 unspecified atom stereocenters. The molecule has 0 aliphatic carbocycles. The average molecular weight is 248 g/mol. The molecule has 0 atom stereocenters. The molecule has 2 aromatic rings. The van der Waals surface area contributed by atoms with E-state index in [1.54, 1.807) is 0 Å². The van der Waals surface area contributed by atoms with E-state index in [-0.39, 0.29) is 5.54 Å². The highest BCUT2D eigenvalue weighted by Gasteiger charge is 2.14. The molecule has 0 spiro atoms. The van der Waals surface area contributed by atoms with Crippen molar-refractivity contribution in [3.63, 3.8) is 0 Å². The Labute approximate surface area is 107 Å².